The molecule has 4 heteroatoms. The van der Waals surface area contributed by atoms with Gasteiger partial charge in [-0.15, -0.1) is 0 Å². The van der Waals surface area contributed by atoms with Crippen molar-refractivity contribution in [3.63, 3.8) is 0 Å². The van der Waals surface area contributed by atoms with Crippen LogP contribution in [0.2, 0.25) is 0 Å². The van der Waals surface area contributed by atoms with Gasteiger partial charge in [-0.1, -0.05) is 90.4 Å². The zero-order valence-corrected chi connectivity index (χ0v) is 18.1. The van der Waals surface area contributed by atoms with Gasteiger partial charge in [0.05, 0.1) is 25.0 Å². The Morgan fingerprint density at radius 3 is 1.82 bits per heavy atom. The Bertz CT molecular complexity index is 531. The minimum atomic E-state index is -0.374. The normalized spacial score (nSPS) is 10.8. The SMILES string of the molecule is CCCCCCCCCCCCCCCCOc1cc(C(=O)OC)ccc1N. The molecule has 0 amide bonds. The lowest BCUT2D eigenvalue weighted by atomic mass is 10.0. The van der Waals surface area contributed by atoms with Crippen molar-refractivity contribution < 1.29 is 14.3 Å². The van der Waals surface area contributed by atoms with Gasteiger partial charge in [-0.05, 0) is 24.6 Å². The minimum Gasteiger partial charge on any atom is -0.491 e. The van der Waals surface area contributed by atoms with E-state index in [0.717, 1.165) is 6.42 Å². The predicted octanol–water partition coefficient (Wildman–Crippen LogP) is 6.92. The van der Waals surface area contributed by atoms with E-state index < -0.39 is 0 Å². The lowest BCUT2D eigenvalue weighted by molar-refractivity contribution is 0.0600. The summed E-state index contributed by atoms with van der Waals surface area (Å²) in [5.41, 5.74) is 6.93. The molecule has 1 aromatic carbocycles. The molecule has 0 bridgehead atoms. The number of nitrogens with two attached hydrogens (primary N) is 1. The topological polar surface area (TPSA) is 61.5 Å². The first-order chi connectivity index (χ1) is 13.7. The summed E-state index contributed by atoms with van der Waals surface area (Å²) in [5.74, 6) is 0.193. The van der Waals surface area contributed by atoms with Gasteiger partial charge in [0.2, 0.25) is 0 Å². The average Bonchev–Trinajstić information content (AvgIpc) is 2.71. The summed E-state index contributed by atoms with van der Waals surface area (Å²) in [5, 5.41) is 0. The third kappa shape index (κ3) is 11.2. The van der Waals surface area contributed by atoms with Crippen molar-refractivity contribution in [1.29, 1.82) is 0 Å². The number of carbonyl (C=O) groups excluding carboxylic acids is 1. The van der Waals surface area contributed by atoms with Gasteiger partial charge in [0, 0.05) is 0 Å². The predicted molar refractivity (Wildman–Crippen MR) is 118 cm³/mol. The third-order valence-corrected chi connectivity index (χ3v) is 5.19. The molecule has 0 fully saturated rings. The van der Waals surface area contributed by atoms with Crippen molar-refractivity contribution in [3.8, 4) is 5.75 Å². The van der Waals surface area contributed by atoms with Crippen LogP contribution in [0.5, 0.6) is 5.75 Å². The van der Waals surface area contributed by atoms with E-state index in [-0.39, 0.29) is 5.97 Å². The molecule has 0 spiro atoms. The summed E-state index contributed by atoms with van der Waals surface area (Å²) in [4.78, 5) is 11.6. The first kappa shape index (κ1) is 24.3. The Kier molecular flexibility index (Phi) is 14.1. The van der Waals surface area contributed by atoms with Crippen molar-refractivity contribution in [2.24, 2.45) is 0 Å². The summed E-state index contributed by atoms with van der Waals surface area (Å²) in [6, 6.07) is 5.00. The molecular weight excluding hydrogens is 350 g/mol. The van der Waals surface area contributed by atoms with E-state index in [1.807, 2.05) is 0 Å². The maximum Gasteiger partial charge on any atom is 0.337 e. The zero-order chi connectivity index (χ0) is 20.5. The number of carbonyl (C=O) groups is 1. The number of anilines is 1. The van der Waals surface area contributed by atoms with Gasteiger partial charge in [-0.25, -0.2) is 4.79 Å². The van der Waals surface area contributed by atoms with Crippen molar-refractivity contribution in [1.82, 2.24) is 0 Å². The van der Waals surface area contributed by atoms with Crippen LogP contribution in [0.4, 0.5) is 5.69 Å². The first-order valence-corrected chi connectivity index (χ1v) is 11.3. The van der Waals surface area contributed by atoms with Crippen molar-refractivity contribution >= 4 is 11.7 Å². The number of esters is 1. The minimum absolute atomic E-state index is 0.374. The Balaban J connectivity index is 1.96. The number of ether oxygens (including phenoxy) is 2. The third-order valence-electron chi connectivity index (χ3n) is 5.19. The van der Waals surface area contributed by atoms with Gasteiger partial charge in [0.1, 0.15) is 5.75 Å². The maximum absolute atomic E-state index is 11.6. The Hall–Kier alpha value is -1.71. The Morgan fingerprint density at radius 2 is 1.32 bits per heavy atom. The summed E-state index contributed by atoms with van der Waals surface area (Å²) < 4.78 is 10.5. The van der Waals surface area contributed by atoms with Crippen LogP contribution < -0.4 is 10.5 Å². The lowest BCUT2D eigenvalue weighted by Gasteiger charge is -2.10. The number of benzene rings is 1. The van der Waals surface area contributed by atoms with E-state index in [4.69, 9.17) is 15.2 Å². The number of methoxy groups -OCH3 is 1. The van der Waals surface area contributed by atoms with Crippen LogP contribution in [-0.2, 0) is 4.74 Å². The molecule has 0 aliphatic rings. The van der Waals surface area contributed by atoms with Gasteiger partial charge in [-0.3, -0.25) is 0 Å². The molecule has 1 aromatic rings. The molecule has 0 aromatic heterocycles. The summed E-state index contributed by atoms with van der Waals surface area (Å²) in [6.07, 6.45) is 18.7. The van der Waals surface area contributed by atoms with Crippen LogP contribution in [0.25, 0.3) is 0 Å². The second kappa shape index (κ2) is 16.3. The number of unbranched alkanes of at least 4 members (excludes halogenated alkanes) is 13. The molecule has 0 heterocycles. The van der Waals surface area contributed by atoms with Crippen LogP contribution in [0.3, 0.4) is 0 Å². The second-order valence-corrected chi connectivity index (χ2v) is 7.69. The lowest BCUT2D eigenvalue weighted by Crippen LogP contribution is -2.05. The van der Waals surface area contributed by atoms with Crippen LogP contribution in [0, 0.1) is 0 Å². The average molecular weight is 392 g/mol. The molecule has 0 unspecified atom stereocenters. The molecule has 4 nitrogen and oxygen atoms in total. The van der Waals surface area contributed by atoms with Crippen LogP contribution >= 0.6 is 0 Å². The number of hydrogen-bond acceptors (Lipinski definition) is 4. The molecule has 160 valence electrons. The van der Waals surface area contributed by atoms with Gasteiger partial charge in [-0.2, -0.15) is 0 Å². The monoisotopic (exact) mass is 391 g/mol. The Morgan fingerprint density at radius 1 is 0.821 bits per heavy atom. The summed E-state index contributed by atoms with van der Waals surface area (Å²) in [6.45, 7) is 2.90. The van der Waals surface area contributed by atoms with E-state index in [9.17, 15) is 4.79 Å². The van der Waals surface area contributed by atoms with Gasteiger partial charge in [0.15, 0.2) is 0 Å². The quantitative estimate of drug-likeness (QED) is 0.178. The molecule has 0 radical (unpaired) electrons. The molecule has 1 rings (SSSR count). The molecule has 0 aliphatic carbocycles. The molecule has 28 heavy (non-hydrogen) atoms. The summed E-state index contributed by atoms with van der Waals surface area (Å²) in [7, 11) is 1.37. The fraction of sp³-hybridized carbons (Fsp3) is 0.708. The fourth-order valence-corrected chi connectivity index (χ4v) is 3.38. The van der Waals surface area contributed by atoms with Gasteiger partial charge >= 0.3 is 5.97 Å². The number of hydrogen-bond donors (Lipinski definition) is 1. The maximum atomic E-state index is 11.6. The molecule has 0 atom stereocenters. The Labute approximate surface area is 172 Å². The van der Waals surface area contributed by atoms with Crippen LogP contribution in [0.15, 0.2) is 18.2 Å². The highest BCUT2D eigenvalue weighted by molar-refractivity contribution is 5.90. The first-order valence-electron chi connectivity index (χ1n) is 11.3. The number of nitrogen functional groups attached to an aromatic ring is 1. The highest BCUT2D eigenvalue weighted by Gasteiger charge is 2.09. The van der Waals surface area contributed by atoms with E-state index in [2.05, 4.69) is 6.92 Å². The van der Waals surface area contributed by atoms with E-state index in [1.54, 1.807) is 18.2 Å². The van der Waals surface area contributed by atoms with E-state index >= 15 is 0 Å². The van der Waals surface area contributed by atoms with Crippen molar-refractivity contribution in [2.45, 2.75) is 96.8 Å². The van der Waals surface area contributed by atoms with Crippen molar-refractivity contribution in [3.05, 3.63) is 23.8 Å². The van der Waals surface area contributed by atoms with E-state index in [1.165, 1.54) is 90.6 Å². The highest BCUT2D eigenvalue weighted by Crippen LogP contribution is 2.23. The molecular formula is C24H41NO3. The summed E-state index contributed by atoms with van der Waals surface area (Å²) >= 11 is 0. The zero-order valence-electron chi connectivity index (χ0n) is 18.1. The molecule has 0 saturated carbocycles. The van der Waals surface area contributed by atoms with Crippen LogP contribution in [-0.4, -0.2) is 19.7 Å². The largest absolute Gasteiger partial charge is 0.491 e. The second-order valence-electron chi connectivity index (χ2n) is 7.69. The molecule has 2 N–H and O–H groups in total. The molecule has 0 aliphatic heterocycles. The standard InChI is InChI=1S/C24H41NO3/c1-3-4-5-6-7-8-9-10-11-12-13-14-15-16-19-28-23-20-21(24(26)27-2)17-18-22(23)25/h17-18,20H,3-16,19,25H2,1-2H3. The van der Waals surface area contributed by atoms with Gasteiger partial charge in [0.25, 0.3) is 0 Å². The van der Waals surface area contributed by atoms with Gasteiger partial charge < -0.3 is 15.2 Å². The highest BCUT2D eigenvalue weighted by atomic mass is 16.5. The van der Waals surface area contributed by atoms with Crippen LogP contribution in [0.1, 0.15) is 107 Å². The van der Waals surface area contributed by atoms with Crippen molar-refractivity contribution in [2.75, 3.05) is 19.5 Å². The molecule has 0 saturated heterocycles. The smallest absolute Gasteiger partial charge is 0.337 e. The van der Waals surface area contributed by atoms with E-state index in [0.29, 0.717) is 23.6 Å². The fourth-order valence-electron chi connectivity index (χ4n) is 3.38. The number of rotatable bonds is 17.